The summed E-state index contributed by atoms with van der Waals surface area (Å²) in [5, 5.41) is 0. The first-order chi connectivity index (χ1) is 8.33. The predicted molar refractivity (Wildman–Crippen MR) is 65.2 cm³/mol. The smallest absolute Gasteiger partial charge is 0.142 e. The van der Waals surface area contributed by atoms with E-state index in [2.05, 4.69) is 0 Å². The highest BCUT2D eigenvalue weighted by Crippen LogP contribution is 2.32. The zero-order valence-corrected chi connectivity index (χ0v) is 9.14. The van der Waals surface area contributed by atoms with Gasteiger partial charge in [0.25, 0.3) is 0 Å². The van der Waals surface area contributed by atoms with Crippen LogP contribution in [0.5, 0.6) is 5.75 Å². The lowest BCUT2D eigenvalue weighted by atomic mass is 10.0. The molecule has 1 aliphatic heterocycles. The molecule has 17 heavy (non-hydrogen) atoms. The van der Waals surface area contributed by atoms with Gasteiger partial charge >= 0.3 is 0 Å². The molecule has 0 aliphatic carbocycles. The van der Waals surface area contributed by atoms with Crippen LogP contribution in [0.15, 0.2) is 54.6 Å². The fourth-order valence-electron chi connectivity index (χ4n) is 1.94. The van der Waals surface area contributed by atoms with Gasteiger partial charge in [-0.25, -0.2) is 4.39 Å². The van der Waals surface area contributed by atoms with E-state index in [1.54, 1.807) is 6.07 Å². The van der Waals surface area contributed by atoms with E-state index in [4.69, 9.17) is 4.74 Å². The third-order valence-electron chi connectivity index (χ3n) is 2.81. The Kier molecular flexibility index (Phi) is 2.41. The number of ether oxygens (including phenoxy) is 1. The van der Waals surface area contributed by atoms with Crippen LogP contribution in [0.4, 0.5) is 4.39 Å². The molecule has 1 nitrogen and oxygen atoms in total. The highest BCUT2D eigenvalue weighted by molar-refractivity contribution is 5.60. The monoisotopic (exact) mass is 226 g/mol. The number of benzene rings is 2. The second-order valence-corrected chi connectivity index (χ2v) is 3.99. The highest BCUT2D eigenvalue weighted by atomic mass is 19.1. The second-order valence-electron chi connectivity index (χ2n) is 3.99. The number of fused-ring (bicyclic) bond motifs is 1. The van der Waals surface area contributed by atoms with Crippen molar-refractivity contribution in [1.29, 1.82) is 0 Å². The van der Waals surface area contributed by atoms with E-state index in [0.29, 0.717) is 5.75 Å². The highest BCUT2D eigenvalue weighted by Gasteiger charge is 2.16. The molecular formula is C15H11FO. The molecule has 84 valence electrons. The van der Waals surface area contributed by atoms with E-state index >= 15 is 0 Å². The fraction of sp³-hybridized carbons (Fsp3) is 0.0667. The second kappa shape index (κ2) is 4.06. The first-order valence-corrected chi connectivity index (χ1v) is 5.52. The molecule has 2 aromatic rings. The Morgan fingerprint density at radius 3 is 2.65 bits per heavy atom. The largest absolute Gasteiger partial charge is 0.481 e. The molecule has 0 bridgehead atoms. The van der Waals surface area contributed by atoms with Crippen LogP contribution in [0.1, 0.15) is 17.2 Å². The van der Waals surface area contributed by atoms with E-state index in [1.807, 2.05) is 42.5 Å². The topological polar surface area (TPSA) is 9.23 Å². The van der Waals surface area contributed by atoms with E-state index in [9.17, 15) is 4.39 Å². The fourth-order valence-corrected chi connectivity index (χ4v) is 1.94. The number of halogens is 1. The third kappa shape index (κ3) is 1.94. The zero-order valence-electron chi connectivity index (χ0n) is 9.14. The van der Waals surface area contributed by atoms with Gasteiger partial charge in [-0.2, -0.15) is 0 Å². The van der Waals surface area contributed by atoms with Crippen LogP contribution in [-0.4, -0.2) is 0 Å². The lowest BCUT2D eigenvalue weighted by Gasteiger charge is -2.21. The normalized spacial score (nSPS) is 17.4. The van der Waals surface area contributed by atoms with Gasteiger partial charge in [0.05, 0.1) is 0 Å². The van der Waals surface area contributed by atoms with Crippen molar-refractivity contribution in [3.05, 3.63) is 71.6 Å². The van der Waals surface area contributed by atoms with E-state index in [0.717, 1.165) is 11.1 Å². The average Bonchev–Trinajstić information content (AvgIpc) is 2.39. The number of hydrogen-bond acceptors (Lipinski definition) is 1. The summed E-state index contributed by atoms with van der Waals surface area (Å²) in [5.41, 5.74) is 1.98. The summed E-state index contributed by atoms with van der Waals surface area (Å²) in [6.45, 7) is 0. The molecule has 0 fully saturated rings. The van der Waals surface area contributed by atoms with Gasteiger partial charge in [0.15, 0.2) is 0 Å². The van der Waals surface area contributed by atoms with Crippen LogP contribution in [0.2, 0.25) is 0 Å². The summed E-state index contributed by atoms with van der Waals surface area (Å²) in [6.07, 6.45) is 3.82. The molecule has 1 aliphatic rings. The zero-order chi connectivity index (χ0) is 11.7. The average molecular weight is 226 g/mol. The standard InChI is InChI=1S/C15H11FO/c16-13-8-6-12-7-9-14(17-15(12)10-13)11-4-2-1-3-5-11/h1-10,14H. The molecule has 0 amide bonds. The van der Waals surface area contributed by atoms with Gasteiger partial charge < -0.3 is 4.74 Å². The van der Waals surface area contributed by atoms with Crippen LogP contribution < -0.4 is 4.74 Å². The van der Waals surface area contributed by atoms with Gasteiger partial charge in [0.2, 0.25) is 0 Å². The number of rotatable bonds is 1. The maximum absolute atomic E-state index is 13.1. The molecule has 0 saturated carbocycles. The molecule has 2 aromatic carbocycles. The lowest BCUT2D eigenvalue weighted by molar-refractivity contribution is 0.250. The molecule has 0 N–H and O–H groups in total. The Morgan fingerprint density at radius 1 is 1.00 bits per heavy atom. The summed E-state index contributed by atoms with van der Waals surface area (Å²) in [5.74, 6) is 0.326. The summed E-state index contributed by atoms with van der Waals surface area (Å²) in [7, 11) is 0. The van der Waals surface area contributed by atoms with Crippen LogP contribution in [0.25, 0.3) is 6.08 Å². The van der Waals surface area contributed by atoms with Crippen molar-refractivity contribution in [1.82, 2.24) is 0 Å². The first-order valence-electron chi connectivity index (χ1n) is 5.52. The third-order valence-corrected chi connectivity index (χ3v) is 2.81. The van der Waals surface area contributed by atoms with Crippen molar-refractivity contribution in [2.75, 3.05) is 0 Å². The Morgan fingerprint density at radius 2 is 1.82 bits per heavy atom. The van der Waals surface area contributed by atoms with E-state index < -0.39 is 0 Å². The Bertz CT molecular complexity index is 560. The van der Waals surface area contributed by atoms with Crippen molar-refractivity contribution in [3.63, 3.8) is 0 Å². The minimum absolute atomic E-state index is 0.134. The molecule has 2 heteroatoms. The summed E-state index contributed by atoms with van der Waals surface area (Å²) in [6, 6.07) is 14.5. The molecule has 1 unspecified atom stereocenters. The molecule has 0 aromatic heterocycles. The molecule has 3 rings (SSSR count). The molecule has 0 spiro atoms. The lowest BCUT2D eigenvalue weighted by Crippen LogP contribution is -2.08. The van der Waals surface area contributed by atoms with Gasteiger partial charge in [-0.15, -0.1) is 0 Å². The van der Waals surface area contributed by atoms with E-state index in [1.165, 1.54) is 12.1 Å². The molecular weight excluding hydrogens is 215 g/mol. The predicted octanol–water partition coefficient (Wildman–Crippen LogP) is 3.97. The van der Waals surface area contributed by atoms with Crippen LogP contribution in [-0.2, 0) is 0 Å². The van der Waals surface area contributed by atoms with Gasteiger partial charge in [-0.1, -0.05) is 36.4 Å². The van der Waals surface area contributed by atoms with Gasteiger partial charge in [-0.05, 0) is 23.8 Å². The quantitative estimate of drug-likeness (QED) is 0.714. The van der Waals surface area contributed by atoms with Crippen molar-refractivity contribution in [2.45, 2.75) is 6.10 Å². The van der Waals surface area contributed by atoms with E-state index in [-0.39, 0.29) is 11.9 Å². The molecule has 1 atom stereocenters. The Labute approximate surface area is 99.2 Å². The van der Waals surface area contributed by atoms with Crippen molar-refractivity contribution in [3.8, 4) is 5.75 Å². The van der Waals surface area contributed by atoms with Crippen LogP contribution >= 0.6 is 0 Å². The minimum atomic E-state index is -0.272. The van der Waals surface area contributed by atoms with Gasteiger partial charge in [0.1, 0.15) is 17.7 Å². The van der Waals surface area contributed by atoms with Crippen molar-refractivity contribution < 1.29 is 9.13 Å². The number of hydrogen-bond donors (Lipinski definition) is 0. The van der Waals surface area contributed by atoms with Crippen LogP contribution in [0, 0.1) is 5.82 Å². The van der Waals surface area contributed by atoms with Crippen molar-refractivity contribution in [2.24, 2.45) is 0 Å². The molecule has 0 radical (unpaired) electrons. The summed E-state index contributed by atoms with van der Waals surface area (Å²) in [4.78, 5) is 0. The van der Waals surface area contributed by atoms with Crippen LogP contribution in [0.3, 0.4) is 0 Å². The first kappa shape index (κ1) is 10.1. The maximum Gasteiger partial charge on any atom is 0.142 e. The van der Waals surface area contributed by atoms with Crippen molar-refractivity contribution >= 4 is 6.08 Å². The Balaban J connectivity index is 1.95. The summed E-state index contributed by atoms with van der Waals surface area (Å²) >= 11 is 0. The minimum Gasteiger partial charge on any atom is -0.481 e. The van der Waals surface area contributed by atoms with Gasteiger partial charge in [-0.3, -0.25) is 0 Å². The SMILES string of the molecule is Fc1ccc2c(c1)OC(c1ccccc1)C=C2. The maximum atomic E-state index is 13.1. The Hall–Kier alpha value is -2.09. The van der Waals surface area contributed by atoms with Gasteiger partial charge in [0, 0.05) is 11.6 Å². The molecule has 0 saturated heterocycles. The molecule has 1 heterocycles. The summed E-state index contributed by atoms with van der Waals surface area (Å²) < 4.78 is 18.9.